The molecule has 0 aliphatic carbocycles. The molecule has 0 amide bonds. The van der Waals surface area contributed by atoms with Gasteiger partial charge in [0.2, 0.25) is 0 Å². The molecule has 0 saturated heterocycles. The average Bonchev–Trinajstić information content (AvgIpc) is 2.28. The van der Waals surface area contributed by atoms with Crippen LogP contribution in [-0.2, 0) is 0 Å². The van der Waals surface area contributed by atoms with E-state index in [2.05, 4.69) is 4.98 Å². The van der Waals surface area contributed by atoms with Crippen molar-refractivity contribution in [2.45, 2.75) is 0 Å². The molecule has 2 rings (SSSR count). The lowest BCUT2D eigenvalue weighted by Crippen LogP contribution is -2.04. The van der Waals surface area contributed by atoms with Gasteiger partial charge in [0.05, 0.1) is 16.8 Å². The average molecular weight is 232 g/mol. The summed E-state index contributed by atoms with van der Waals surface area (Å²) in [7, 11) is 0. The second-order valence-corrected chi connectivity index (χ2v) is 3.43. The zero-order chi connectivity index (χ0) is 12.6. The Bertz CT molecular complexity index is 637. The van der Waals surface area contributed by atoms with Gasteiger partial charge in [-0.1, -0.05) is 0 Å². The number of anilines is 1. The maximum atomic E-state index is 10.8. The van der Waals surface area contributed by atoms with E-state index in [-0.39, 0.29) is 16.8 Å². The molecule has 1 aromatic carbocycles. The fraction of sp³-hybridized carbons (Fsp3) is 0. The van der Waals surface area contributed by atoms with Crippen LogP contribution in [0.15, 0.2) is 24.4 Å². The Hall–Kier alpha value is -2.63. The maximum absolute atomic E-state index is 10.8. The summed E-state index contributed by atoms with van der Waals surface area (Å²) < 4.78 is 0. The minimum absolute atomic E-state index is 0.0764. The second-order valence-electron chi connectivity index (χ2n) is 3.43. The van der Waals surface area contributed by atoms with Gasteiger partial charge in [-0.3, -0.25) is 4.98 Å². The van der Waals surface area contributed by atoms with E-state index in [1.54, 1.807) is 0 Å². The first-order valence-electron chi connectivity index (χ1n) is 4.65. The van der Waals surface area contributed by atoms with Crippen molar-refractivity contribution < 1.29 is 19.8 Å². The van der Waals surface area contributed by atoms with E-state index in [4.69, 9.17) is 15.9 Å². The molecule has 6 nitrogen and oxygen atoms in total. The number of benzene rings is 1. The number of nitrogen functional groups attached to an aromatic ring is 1. The molecule has 0 atom stereocenters. The molecular weight excluding hydrogens is 224 g/mol. The summed E-state index contributed by atoms with van der Waals surface area (Å²) in [5.74, 6) is -2.24. The lowest BCUT2D eigenvalue weighted by molar-refractivity contribution is 0.0686. The summed E-state index contributed by atoms with van der Waals surface area (Å²) >= 11 is 0. The van der Waals surface area contributed by atoms with Crippen molar-refractivity contribution in [3.8, 4) is 0 Å². The molecule has 6 heteroatoms. The van der Waals surface area contributed by atoms with Gasteiger partial charge in [0.25, 0.3) is 0 Å². The van der Waals surface area contributed by atoms with E-state index < -0.39 is 11.9 Å². The maximum Gasteiger partial charge on any atom is 0.339 e. The topological polar surface area (TPSA) is 114 Å². The minimum atomic E-state index is -1.17. The number of aromatic carboxylic acids is 2. The lowest BCUT2D eigenvalue weighted by Gasteiger charge is -2.05. The summed E-state index contributed by atoms with van der Waals surface area (Å²) in [6, 6.07) is 4.15. The zero-order valence-electron chi connectivity index (χ0n) is 8.54. The van der Waals surface area contributed by atoms with Crippen LogP contribution in [0.5, 0.6) is 0 Å². The third-order valence-corrected chi connectivity index (χ3v) is 2.39. The van der Waals surface area contributed by atoms with Gasteiger partial charge in [-0.05, 0) is 18.2 Å². The molecule has 86 valence electrons. The van der Waals surface area contributed by atoms with Crippen molar-refractivity contribution in [1.29, 1.82) is 0 Å². The van der Waals surface area contributed by atoms with E-state index in [0.717, 1.165) is 6.20 Å². The summed E-state index contributed by atoms with van der Waals surface area (Å²) in [5, 5.41) is 18.1. The molecule has 17 heavy (non-hydrogen) atoms. The zero-order valence-corrected chi connectivity index (χ0v) is 8.54. The van der Waals surface area contributed by atoms with Crippen LogP contribution >= 0.6 is 0 Å². The standard InChI is InChI=1S/C11H8N2O4/c12-9-6-2-1-5(10(14)15)3-8(6)13-4-7(9)11(16)17/h1-4H,(H2,12,13)(H,14,15)(H,16,17). The number of carboxylic acid groups (broad SMARTS) is 2. The third kappa shape index (κ3) is 1.76. The molecule has 0 bridgehead atoms. The van der Waals surface area contributed by atoms with Crippen LogP contribution in [0.1, 0.15) is 20.7 Å². The number of pyridine rings is 1. The van der Waals surface area contributed by atoms with Crippen LogP contribution in [0.3, 0.4) is 0 Å². The molecule has 0 spiro atoms. The predicted octanol–water partition coefficient (Wildman–Crippen LogP) is 1.21. The fourth-order valence-electron chi connectivity index (χ4n) is 1.52. The number of nitrogens with two attached hydrogens (primary N) is 1. The number of hydrogen-bond acceptors (Lipinski definition) is 4. The number of nitrogens with zero attached hydrogens (tertiary/aromatic N) is 1. The first-order valence-corrected chi connectivity index (χ1v) is 4.65. The van der Waals surface area contributed by atoms with Crippen molar-refractivity contribution in [1.82, 2.24) is 4.98 Å². The molecule has 0 fully saturated rings. The summed E-state index contributed by atoms with van der Waals surface area (Å²) in [6.45, 7) is 0. The lowest BCUT2D eigenvalue weighted by atomic mass is 10.1. The van der Waals surface area contributed by atoms with Crippen LogP contribution in [0.2, 0.25) is 0 Å². The van der Waals surface area contributed by atoms with Crippen LogP contribution in [0.4, 0.5) is 5.69 Å². The number of fused-ring (bicyclic) bond motifs is 1. The summed E-state index contributed by atoms with van der Waals surface area (Å²) in [5.41, 5.74) is 6.09. The smallest absolute Gasteiger partial charge is 0.339 e. The molecule has 0 saturated carbocycles. The van der Waals surface area contributed by atoms with Gasteiger partial charge in [-0.2, -0.15) is 0 Å². The highest BCUT2D eigenvalue weighted by molar-refractivity contribution is 6.04. The Morgan fingerprint density at radius 3 is 2.47 bits per heavy atom. The Morgan fingerprint density at radius 2 is 1.88 bits per heavy atom. The Kier molecular flexibility index (Phi) is 2.40. The molecule has 0 aliphatic rings. The van der Waals surface area contributed by atoms with Gasteiger partial charge in [0.1, 0.15) is 5.56 Å². The fourth-order valence-corrected chi connectivity index (χ4v) is 1.52. The number of aromatic nitrogens is 1. The Labute approximate surface area is 95.3 Å². The predicted molar refractivity (Wildman–Crippen MR) is 60.1 cm³/mol. The number of rotatable bonds is 2. The number of carbonyl (C=O) groups is 2. The van der Waals surface area contributed by atoms with Crippen molar-refractivity contribution in [2.24, 2.45) is 0 Å². The van der Waals surface area contributed by atoms with Gasteiger partial charge < -0.3 is 15.9 Å². The van der Waals surface area contributed by atoms with Crippen LogP contribution in [-0.4, -0.2) is 27.1 Å². The Morgan fingerprint density at radius 1 is 1.18 bits per heavy atom. The molecule has 0 unspecified atom stereocenters. The summed E-state index contributed by atoms with van der Waals surface area (Å²) in [6.07, 6.45) is 1.12. The highest BCUT2D eigenvalue weighted by atomic mass is 16.4. The first-order chi connectivity index (χ1) is 8.00. The van der Waals surface area contributed by atoms with E-state index in [9.17, 15) is 9.59 Å². The highest BCUT2D eigenvalue weighted by Crippen LogP contribution is 2.23. The number of hydrogen-bond donors (Lipinski definition) is 3. The van der Waals surface area contributed by atoms with Crippen molar-refractivity contribution in [2.75, 3.05) is 5.73 Å². The van der Waals surface area contributed by atoms with Gasteiger partial charge >= 0.3 is 11.9 Å². The molecule has 0 radical (unpaired) electrons. The second kappa shape index (κ2) is 3.75. The van der Waals surface area contributed by atoms with E-state index >= 15 is 0 Å². The van der Waals surface area contributed by atoms with E-state index in [1.807, 2.05) is 0 Å². The minimum Gasteiger partial charge on any atom is -0.478 e. The van der Waals surface area contributed by atoms with Crippen LogP contribution in [0.25, 0.3) is 10.9 Å². The SMILES string of the molecule is Nc1c(C(=O)O)cnc2cc(C(=O)O)ccc12. The molecule has 0 aliphatic heterocycles. The summed E-state index contributed by atoms with van der Waals surface area (Å²) in [4.78, 5) is 25.5. The van der Waals surface area contributed by atoms with Crippen LogP contribution in [0, 0.1) is 0 Å². The first kappa shape index (κ1) is 10.9. The highest BCUT2D eigenvalue weighted by Gasteiger charge is 2.13. The van der Waals surface area contributed by atoms with E-state index in [0.29, 0.717) is 10.9 Å². The van der Waals surface area contributed by atoms with Gasteiger partial charge in [-0.25, -0.2) is 9.59 Å². The third-order valence-electron chi connectivity index (χ3n) is 2.39. The van der Waals surface area contributed by atoms with Crippen molar-refractivity contribution in [3.05, 3.63) is 35.5 Å². The van der Waals surface area contributed by atoms with E-state index in [1.165, 1.54) is 18.2 Å². The molecule has 1 heterocycles. The largest absolute Gasteiger partial charge is 0.478 e. The molecule has 1 aromatic heterocycles. The Balaban J connectivity index is 2.72. The molecule has 2 aromatic rings. The number of carboxylic acids is 2. The molecule has 4 N–H and O–H groups in total. The molecular formula is C11H8N2O4. The van der Waals surface area contributed by atoms with Crippen molar-refractivity contribution in [3.63, 3.8) is 0 Å². The van der Waals surface area contributed by atoms with Gasteiger partial charge in [0.15, 0.2) is 0 Å². The van der Waals surface area contributed by atoms with Crippen molar-refractivity contribution >= 4 is 28.5 Å². The van der Waals surface area contributed by atoms with Gasteiger partial charge in [-0.15, -0.1) is 0 Å². The van der Waals surface area contributed by atoms with Gasteiger partial charge in [0, 0.05) is 11.6 Å². The normalized spacial score (nSPS) is 10.4. The monoisotopic (exact) mass is 232 g/mol. The quantitative estimate of drug-likeness (QED) is 0.717. The van der Waals surface area contributed by atoms with Crippen LogP contribution < -0.4 is 5.73 Å².